The molecule has 0 saturated heterocycles. The molecule has 0 bridgehead atoms. The van der Waals surface area contributed by atoms with Crippen LogP contribution in [0.4, 0.5) is 4.39 Å². The van der Waals surface area contributed by atoms with Crippen LogP contribution in [-0.2, 0) is 4.79 Å². The number of hydrogen-bond donors (Lipinski definition) is 0. The second kappa shape index (κ2) is 4.43. The quantitative estimate of drug-likeness (QED) is 0.599. The van der Waals surface area contributed by atoms with E-state index < -0.39 is 0 Å². The molecule has 21 heavy (non-hydrogen) atoms. The van der Waals surface area contributed by atoms with Crippen LogP contribution < -0.4 is 0 Å². The summed E-state index contributed by atoms with van der Waals surface area (Å²) >= 11 is 0. The number of Topliss-reactive ketones (excluding diaryl/α,β-unsaturated/α-hetero) is 1. The van der Waals surface area contributed by atoms with Crippen LogP contribution >= 0.6 is 0 Å². The molecule has 1 nitrogen and oxygen atoms in total. The van der Waals surface area contributed by atoms with Crippen molar-refractivity contribution >= 4 is 5.78 Å². The third-order valence-electron chi connectivity index (χ3n) is 7.77. The number of ketones is 1. The number of allylic oxidation sites excluding steroid dienone is 2. The van der Waals surface area contributed by atoms with Crippen LogP contribution in [0.15, 0.2) is 11.4 Å². The van der Waals surface area contributed by atoms with E-state index in [1.807, 2.05) is 0 Å². The molecule has 4 aliphatic rings. The maximum Gasteiger partial charge on any atom is 0.139 e. The fourth-order valence-corrected chi connectivity index (χ4v) is 6.55. The Morgan fingerprint density at radius 1 is 1.00 bits per heavy atom. The van der Waals surface area contributed by atoms with Gasteiger partial charge in [0.15, 0.2) is 0 Å². The van der Waals surface area contributed by atoms with E-state index in [4.69, 9.17) is 0 Å². The molecule has 0 amide bonds. The van der Waals surface area contributed by atoms with E-state index >= 15 is 0 Å². The van der Waals surface area contributed by atoms with Crippen LogP contribution in [0.5, 0.6) is 0 Å². The summed E-state index contributed by atoms with van der Waals surface area (Å²) in [5, 5.41) is 0. The van der Waals surface area contributed by atoms with Crippen LogP contribution in [0.1, 0.15) is 71.6 Å². The normalized spacial score (nSPS) is 49.7. The lowest BCUT2D eigenvalue weighted by Gasteiger charge is -2.56. The zero-order valence-electron chi connectivity index (χ0n) is 13.4. The summed E-state index contributed by atoms with van der Waals surface area (Å²) in [5.41, 5.74) is 1.12. The van der Waals surface area contributed by atoms with Crippen molar-refractivity contribution in [3.63, 3.8) is 0 Å². The lowest BCUT2D eigenvalue weighted by atomic mass is 9.48. The molecule has 4 aliphatic carbocycles. The van der Waals surface area contributed by atoms with Crippen LogP contribution in [0.25, 0.3) is 0 Å². The molecule has 3 saturated carbocycles. The first-order chi connectivity index (χ1) is 9.97. The van der Waals surface area contributed by atoms with Gasteiger partial charge in [-0.15, -0.1) is 0 Å². The average molecular weight is 290 g/mol. The smallest absolute Gasteiger partial charge is 0.139 e. The van der Waals surface area contributed by atoms with Crippen molar-refractivity contribution in [2.45, 2.75) is 71.6 Å². The number of rotatable bonds is 0. The van der Waals surface area contributed by atoms with Gasteiger partial charge in [0.05, 0.1) is 5.83 Å². The van der Waals surface area contributed by atoms with Crippen molar-refractivity contribution in [1.82, 2.24) is 0 Å². The Morgan fingerprint density at radius 3 is 2.57 bits per heavy atom. The first-order valence-corrected chi connectivity index (χ1v) is 8.88. The fraction of sp³-hybridized carbons (Fsp3) is 0.842. The topological polar surface area (TPSA) is 17.1 Å². The second-order valence-corrected chi connectivity index (χ2v) is 8.51. The van der Waals surface area contributed by atoms with Gasteiger partial charge >= 0.3 is 0 Å². The first kappa shape index (κ1) is 14.0. The van der Waals surface area contributed by atoms with Crippen LogP contribution in [0, 0.1) is 28.6 Å². The molecular formula is C19H27FO. The molecule has 5 atom stereocenters. The zero-order valence-corrected chi connectivity index (χ0v) is 13.4. The van der Waals surface area contributed by atoms with E-state index in [0.717, 1.165) is 50.5 Å². The van der Waals surface area contributed by atoms with E-state index in [0.29, 0.717) is 30.0 Å². The maximum absolute atomic E-state index is 14.8. The lowest BCUT2D eigenvalue weighted by molar-refractivity contribution is -0.132. The Morgan fingerprint density at radius 2 is 1.76 bits per heavy atom. The summed E-state index contributed by atoms with van der Waals surface area (Å²) in [6.07, 6.45) is 9.10. The van der Waals surface area contributed by atoms with Gasteiger partial charge in [-0.25, -0.2) is 4.39 Å². The Labute approximate surface area is 127 Å². The van der Waals surface area contributed by atoms with Crippen molar-refractivity contribution < 1.29 is 9.18 Å². The van der Waals surface area contributed by atoms with Gasteiger partial charge in [0.1, 0.15) is 5.78 Å². The largest absolute Gasteiger partial charge is 0.299 e. The molecule has 0 aromatic carbocycles. The molecule has 0 aromatic heterocycles. The highest BCUT2D eigenvalue weighted by Crippen LogP contribution is 2.65. The van der Waals surface area contributed by atoms with Crippen LogP contribution in [0.2, 0.25) is 0 Å². The number of carbonyl (C=O) groups excluding carboxylic acids is 1. The van der Waals surface area contributed by atoms with Crippen molar-refractivity contribution in [2.75, 3.05) is 0 Å². The summed E-state index contributed by atoms with van der Waals surface area (Å²) in [4.78, 5) is 12.3. The van der Waals surface area contributed by atoms with Gasteiger partial charge in [0.25, 0.3) is 0 Å². The molecule has 0 N–H and O–H groups in total. The Balaban J connectivity index is 1.75. The molecule has 116 valence electrons. The average Bonchev–Trinajstić information content (AvgIpc) is 2.75. The third-order valence-corrected chi connectivity index (χ3v) is 7.77. The van der Waals surface area contributed by atoms with Gasteiger partial charge in [-0.1, -0.05) is 20.3 Å². The molecule has 2 heteroatoms. The van der Waals surface area contributed by atoms with E-state index in [2.05, 4.69) is 13.8 Å². The predicted molar refractivity (Wildman–Crippen MR) is 81.4 cm³/mol. The van der Waals surface area contributed by atoms with E-state index in [9.17, 15) is 9.18 Å². The van der Waals surface area contributed by atoms with E-state index in [1.165, 1.54) is 6.42 Å². The number of hydrogen-bond acceptors (Lipinski definition) is 1. The summed E-state index contributed by atoms with van der Waals surface area (Å²) in [7, 11) is 0. The zero-order chi connectivity index (χ0) is 14.8. The van der Waals surface area contributed by atoms with Crippen LogP contribution in [-0.4, -0.2) is 5.78 Å². The van der Waals surface area contributed by atoms with Crippen molar-refractivity contribution in [3.05, 3.63) is 11.4 Å². The molecule has 0 unspecified atom stereocenters. The lowest BCUT2D eigenvalue weighted by Crippen LogP contribution is -2.50. The molecule has 0 aliphatic heterocycles. The minimum absolute atomic E-state index is 0.0955. The van der Waals surface area contributed by atoms with Gasteiger partial charge in [-0.2, -0.15) is 0 Å². The van der Waals surface area contributed by atoms with Crippen molar-refractivity contribution in [2.24, 2.45) is 28.6 Å². The summed E-state index contributed by atoms with van der Waals surface area (Å²) in [6, 6.07) is 0. The van der Waals surface area contributed by atoms with Gasteiger partial charge in [-0.3, -0.25) is 4.79 Å². The SMILES string of the molecule is C[C@]12CCCCC1=C(F)C[C@@H]1[C@@H]2CC[C@]2(C)C(=O)CC[C@@H]12. The summed E-state index contributed by atoms with van der Waals surface area (Å²) in [5.74, 6) is 2.13. The Hall–Kier alpha value is -0.660. The minimum Gasteiger partial charge on any atom is -0.299 e. The summed E-state index contributed by atoms with van der Waals surface area (Å²) < 4.78 is 14.8. The monoisotopic (exact) mass is 290 g/mol. The van der Waals surface area contributed by atoms with E-state index in [-0.39, 0.29) is 16.7 Å². The molecule has 0 radical (unpaired) electrons. The van der Waals surface area contributed by atoms with Gasteiger partial charge < -0.3 is 0 Å². The molecule has 0 spiro atoms. The molecule has 3 fully saturated rings. The molecule has 0 heterocycles. The maximum atomic E-state index is 14.8. The fourth-order valence-electron chi connectivity index (χ4n) is 6.55. The third kappa shape index (κ3) is 1.71. The van der Waals surface area contributed by atoms with Crippen molar-refractivity contribution in [1.29, 1.82) is 0 Å². The molecular weight excluding hydrogens is 263 g/mol. The van der Waals surface area contributed by atoms with Crippen molar-refractivity contribution in [3.8, 4) is 0 Å². The van der Waals surface area contributed by atoms with E-state index in [1.54, 1.807) is 0 Å². The van der Waals surface area contributed by atoms with Gasteiger partial charge in [0, 0.05) is 18.3 Å². The second-order valence-electron chi connectivity index (χ2n) is 8.51. The molecule has 4 rings (SSSR count). The van der Waals surface area contributed by atoms with Gasteiger partial charge in [0.2, 0.25) is 0 Å². The number of carbonyl (C=O) groups is 1. The highest BCUT2D eigenvalue weighted by Gasteiger charge is 2.59. The number of halogens is 1. The Kier molecular flexibility index (Phi) is 2.94. The van der Waals surface area contributed by atoms with Crippen LogP contribution in [0.3, 0.4) is 0 Å². The number of fused-ring (bicyclic) bond motifs is 5. The summed E-state index contributed by atoms with van der Waals surface area (Å²) in [6.45, 7) is 4.50. The minimum atomic E-state index is -0.135. The first-order valence-electron chi connectivity index (χ1n) is 8.88. The standard InChI is InChI=1S/C19H27FO/c1-18-9-4-3-5-15(18)16(20)11-12-13-6-7-17(21)19(13,2)10-8-14(12)18/h12-14H,3-11H2,1-2H3/t12-,13-,14-,18+,19-/m0/s1. The highest BCUT2D eigenvalue weighted by atomic mass is 19.1. The molecule has 0 aromatic rings. The van der Waals surface area contributed by atoms with Gasteiger partial charge in [-0.05, 0) is 67.3 Å². The Bertz CT molecular complexity index is 522. The highest BCUT2D eigenvalue weighted by molar-refractivity contribution is 5.87. The predicted octanol–water partition coefficient (Wildman–Crippen LogP) is 5.21.